The van der Waals surface area contributed by atoms with Gasteiger partial charge in [0.2, 0.25) is 5.91 Å². The molecule has 2 fully saturated rings. The zero-order valence-corrected chi connectivity index (χ0v) is 18.2. The molecule has 2 N–H and O–H groups in total. The number of carbonyl (C=O) groups is 2. The normalized spacial score (nSPS) is 19.3. The molecule has 0 radical (unpaired) electrons. The highest BCUT2D eigenvalue weighted by molar-refractivity contribution is 6.30. The van der Waals surface area contributed by atoms with Crippen molar-refractivity contribution in [1.29, 1.82) is 0 Å². The summed E-state index contributed by atoms with van der Waals surface area (Å²) in [5, 5.41) is 6.63. The molecule has 2 aromatic carbocycles. The Balaban J connectivity index is 1.33. The number of para-hydroxylation sites is 1. The maximum Gasteiger partial charge on any atom is 0.253 e. The van der Waals surface area contributed by atoms with E-state index in [4.69, 9.17) is 16.3 Å². The number of nitrogens with one attached hydrogen (secondary N) is 2. The molecule has 7 heteroatoms. The summed E-state index contributed by atoms with van der Waals surface area (Å²) in [5.74, 6) is -0.314. The van der Waals surface area contributed by atoms with E-state index in [1.807, 2.05) is 30.3 Å². The zero-order valence-electron chi connectivity index (χ0n) is 17.5. The lowest BCUT2D eigenvalue weighted by molar-refractivity contribution is -0.120. The smallest absolute Gasteiger partial charge is 0.253 e. The van der Waals surface area contributed by atoms with Crippen molar-refractivity contribution in [2.45, 2.75) is 31.8 Å². The number of piperidine rings is 1. The summed E-state index contributed by atoms with van der Waals surface area (Å²) in [5.41, 5.74) is 2.11. The fourth-order valence-corrected chi connectivity index (χ4v) is 4.39. The van der Waals surface area contributed by atoms with E-state index in [2.05, 4.69) is 15.5 Å². The summed E-state index contributed by atoms with van der Waals surface area (Å²) >= 11 is 6.10. The number of amides is 2. The van der Waals surface area contributed by atoms with Gasteiger partial charge in [0.1, 0.15) is 0 Å². The molecule has 2 amide bonds. The maximum absolute atomic E-state index is 12.9. The molecule has 31 heavy (non-hydrogen) atoms. The van der Waals surface area contributed by atoms with Crippen LogP contribution < -0.4 is 15.5 Å². The Morgan fingerprint density at radius 1 is 1.06 bits per heavy atom. The first-order valence-corrected chi connectivity index (χ1v) is 11.3. The molecule has 1 unspecified atom stereocenters. The van der Waals surface area contributed by atoms with Gasteiger partial charge in [-0.2, -0.15) is 0 Å². The third-order valence-electron chi connectivity index (χ3n) is 5.98. The molecule has 0 bridgehead atoms. The second-order valence-electron chi connectivity index (χ2n) is 8.12. The van der Waals surface area contributed by atoms with E-state index in [-0.39, 0.29) is 23.8 Å². The van der Waals surface area contributed by atoms with E-state index in [0.29, 0.717) is 22.8 Å². The largest absolute Gasteiger partial charge is 0.376 e. The summed E-state index contributed by atoms with van der Waals surface area (Å²) in [6.45, 7) is 2.83. The predicted molar refractivity (Wildman–Crippen MR) is 123 cm³/mol. The number of halogens is 1. The average molecular weight is 442 g/mol. The van der Waals surface area contributed by atoms with Gasteiger partial charge in [0.15, 0.2) is 0 Å². The molecule has 164 valence electrons. The van der Waals surface area contributed by atoms with Gasteiger partial charge >= 0.3 is 0 Å². The van der Waals surface area contributed by atoms with Crippen LogP contribution in [0, 0.1) is 5.92 Å². The van der Waals surface area contributed by atoms with E-state index in [1.165, 1.54) is 0 Å². The number of hydrogen-bond acceptors (Lipinski definition) is 4. The highest BCUT2D eigenvalue weighted by atomic mass is 35.5. The third-order valence-corrected chi connectivity index (χ3v) is 6.22. The fourth-order valence-electron chi connectivity index (χ4n) is 4.20. The number of rotatable bonds is 6. The Hall–Kier alpha value is -2.57. The van der Waals surface area contributed by atoms with E-state index in [0.717, 1.165) is 51.1 Å². The first-order valence-electron chi connectivity index (χ1n) is 10.9. The third kappa shape index (κ3) is 5.57. The second-order valence-corrected chi connectivity index (χ2v) is 8.56. The zero-order chi connectivity index (χ0) is 21.6. The molecule has 4 rings (SSSR count). The molecule has 6 nitrogen and oxygen atoms in total. The van der Waals surface area contributed by atoms with Crippen LogP contribution in [0.2, 0.25) is 5.02 Å². The van der Waals surface area contributed by atoms with Gasteiger partial charge in [-0.05, 0) is 56.0 Å². The molecule has 2 aliphatic heterocycles. The maximum atomic E-state index is 12.9. The Bertz CT molecular complexity index is 922. The molecule has 2 aromatic rings. The first-order chi connectivity index (χ1) is 15.1. The van der Waals surface area contributed by atoms with E-state index >= 15 is 0 Å². The molecule has 0 spiro atoms. The van der Waals surface area contributed by atoms with Crippen molar-refractivity contribution in [2.75, 3.05) is 36.5 Å². The van der Waals surface area contributed by atoms with Crippen LogP contribution in [0.4, 0.5) is 11.4 Å². The van der Waals surface area contributed by atoms with Gasteiger partial charge in [-0.3, -0.25) is 9.59 Å². The standard InChI is InChI=1S/C24H28ClN3O3/c25-18-5-3-6-19(15-18)28-12-10-17(11-13-28)23(29)27-22-9-2-1-8-21(22)24(30)26-16-20-7-4-14-31-20/h1-3,5-6,8-9,15,17,20H,4,7,10-14,16H2,(H,26,30)(H,27,29). The van der Waals surface area contributed by atoms with Crippen LogP contribution >= 0.6 is 11.6 Å². The number of anilines is 2. The minimum absolute atomic E-state index is 0.0369. The monoisotopic (exact) mass is 441 g/mol. The van der Waals surface area contributed by atoms with Crippen molar-refractivity contribution in [3.05, 3.63) is 59.1 Å². The van der Waals surface area contributed by atoms with Crippen LogP contribution in [0.1, 0.15) is 36.0 Å². The number of hydrogen-bond donors (Lipinski definition) is 2. The van der Waals surface area contributed by atoms with Gasteiger partial charge in [-0.1, -0.05) is 29.8 Å². The van der Waals surface area contributed by atoms with Gasteiger partial charge in [0.05, 0.1) is 17.4 Å². The molecule has 2 saturated heterocycles. The highest BCUT2D eigenvalue weighted by Gasteiger charge is 2.26. The van der Waals surface area contributed by atoms with Crippen LogP contribution in [-0.4, -0.2) is 44.2 Å². The summed E-state index contributed by atoms with van der Waals surface area (Å²) in [4.78, 5) is 27.8. The Morgan fingerprint density at radius 3 is 2.61 bits per heavy atom. The number of ether oxygens (including phenoxy) is 1. The molecule has 2 aliphatic rings. The summed E-state index contributed by atoms with van der Waals surface area (Å²) in [6.07, 6.45) is 3.59. The van der Waals surface area contributed by atoms with Crippen molar-refractivity contribution in [3.8, 4) is 0 Å². The summed E-state index contributed by atoms with van der Waals surface area (Å²) in [6, 6.07) is 14.9. The highest BCUT2D eigenvalue weighted by Crippen LogP contribution is 2.27. The number of nitrogens with zero attached hydrogens (tertiary/aromatic N) is 1. The minimum atomic E-state index is -0.192. The van der Waals surface area contributed by atoms with Gasteiger partial charge in [0.25, 0.3) is 5.91 Å². The summed E-state index contributed by atoms with van der Waals surface area (Å²) in [7, 11) is 0. The van der Waals surface area contributed by atoms with Gasteiger partial charge in [0, 0.05) is 42.9 Å². The lowest BCUT2D eigenvalue weighted by atomic mass is 9.95. The van der Waals surface area contributed by atoms with Crippen LogP contribution in [-0.2, 0) is 9.53 Å². The van der Waals surface area contributed by atoms with Crippen LogP contribution in [0.25, 0.3) is 0 Å². The lowest BCUT2D eigenvalue weighted by Crippen LogP contribution is -2.38. The Morgan fingerprint density at radius 2 is 1.87 bits per heavy atom. The van der Waals surface area contributed by atoms with E-state index < -0.39 is 0 Å². The second kappa shape index (κ2) is 10.2. The Labute approximate surface area is 187 Å². The first kappa shape index (κ1) is 21.7. The van der Waals surface area contributed by atoms with Gasteiger partial charge in [-0.25, -0.2) is 0 Å². The molecule has 1 atom stereocenters. The Kier molecular flexibility index (Phi) is 7.10. The van der Waals surface area contributed by atoms with E-state index in [1.54, 1.807) is 18.2 Å². The summed E-state index contributed by atoms with van der Waals surface area (Å²) < 4.78 is 5.56. The molecular weight excluding hydrogens is 414 g/mol. The topological polar surface area (TPSA) is 70.7 Å². The molecular formula is C24H28ClN3O3. The van der Waals surface area contributed by atoms with Gasteiger partial charge < -0.3 is 20.3 Å². The van der Waals surface area contributed by atoms with Gasteiger partial charge in [-0.15, -0.1) is 0 Å². The minimum Gasteiger partial charge on any atom is -0.376 e. The van der Waals surface area contributed by atoms with E-state index in [9.17, 15) is 9.59 Å². The molecule has 2 heterocycles. The number of carbonyl (C=O) groups excluding carboxylic acids is 2. The fraction of sp³-hybridized carbons (Fsp3) is 0.417. The van der Waals surface area contributed by atoms with Crippen molar-refractivity contribution < 1.29 is 14.3 Å². The SMILES string of the molecule is O=C(NCC1CCCO1)c1ccccc1NC(=O)C1CCN(c2cccc(Cl)c2)CC1. The molecule has 0 saturated carbocycles. The molecule has 0 aliphatic carbocycles. The van der Waals surface area contributed by atoms with Crippen molar-refractivity contribution in [2.24, 2.45) is 5.92 Å². The average Bonchev–Trinajstić information content (AvgIpc) is 3.32. The lowest BCUT2D eigenvalue weighted by Gasteiger charge is -2.33. The molecule has 0 aromatic heterocycles. The quantitative estimate of drug-likeness (QED) is 0.707. The van der Waals surface area contributed by atoms with Crippen molar-refractivity contribution in [3.63, 3.8) is 0 Å². The predicted octanol–water partition coefficient (Wildman–Crippen LogP) is 4.10. The van der Waals surface area contributed by atoms with Crippen LogP contribution in [0.15, 0.2) is 48.5 Å². The van der Waals surface area contributed by atoms with Crippen molar-refractivity contribution >= 4 is 34.8 Å². The number of benzene rings is 2. The van der Waals surface area contributed by atoms with Crippen LogP contribution in [0.3, 0.4) is 0 Å². The van der Waals surface area contributed by atoms with Crippen molar-refractivity contribution in [1.82, 2.24) is 5.32 Å². The van der Waals surface area contributed by atoms with Crippen LogP contribution in [0.5, 0.6) is 0 Å².